The fourth-order valence-electron chi connectivity index (χ4n) is 3.48. The van der Waals surface area contributed by atoms with Crippen LogP contribution in [0.1, 0.15) is 44.6 Å². The summed E-state index contributed by atoms with van der Waals surface area (Å²) in [5.74, 6) is -2.22. The monoisotopic (exact) mass is 367 g/mol. The average Bonchev–Trinajstić information content (AvgIpc) is 2.64. The van der Waals surface area contributed by atoms with Crippen LogP contribution in [0, 0.1) is 12.8 Å². The third kappa shape index (κ3) is 4.32. The Labute approximate surface area is 159 Å². The van der Waals surface area contributed by atoms with Gasteiger partial charge in [-0.1, -0.05) is 29.3 Å². The minimum Gasteiger partial charge on any atom is -0.293 e. The third-order valence-corrected chi connectivity index (χ3v) is 5.05. The number of anilines is 1. The van der Waals surface area contributed by atoms with Crippen LogP contribution < -0.4 is 10.2 Å². The molecule has 1 aliphatic carbocycles. The molecule has 1 heterocycles. The Morgan fingerprint density at radius 1 is 1.19 bits per heavy atom. The van der Waals surface area contributed by atoms with Gasteiger partial charge < -0.3 is 0 Å². The van der Waals surface area contributed by atoms with Crippen molar-refractivity contribution in [2.24, 2.45) is 10.9 Å². The van der Waals surface area contributed by atoms with Crippen LogP contribution in [0.5, 0.6) is 0 Å². The maximum Gasteiger partial charge on any atom is 0.335 e. The summed E-state index contributed by atoms with van der Waals surface area (Å²) in [6.45, 7) is 4.15. The minimum atomic E-state index is -1.07. The van der Waals surface area contributed by atoms with E-state index >= 15 is 0 Å². The first kappa shape index (κ1) is 19.0. The normalized spacial score (nSPS) is 21.2. The summed E-state index contributed by atoms with van der Waals surface area (Å²) in [5, 5.41) is 2.28. The van der Waals surface area contributed by atoms with E-state index in [1.165, 1.54) is 18.4 Å². The number of imide groups is 2. The van der Waals surface area contributed by atoms with Gasteiger partial charge in [0.05, 0.1) is 5.69 Å². The largest absolute Gasteiger partial charge is 0.335 e. The number of rotatable bonds is 5. The van der Waals surface area contributed by atoms with Gasteiger partial charge in [-0.2, -0.15) is 0 Å². The van der Waals surface area contributed by atoms with Crippen LogP contribution in [0.3, 0.4) is 0 Å². The molecule has 4 amide bonds. The molecular formula is C21H25N3O3. The number of hydrogen-bond acceptors (Lipinski definition) is 4. The van der Waals surface area contributed by atoms with Crippen LogP contribution >= 0.6 is 0 Å². The Morgan fingerprint density at radius 2 is 1.93 bits per heavy atom. The molecule has 1 aromatic rings. The molecule has 1 atom stereocenters. The van der Waals surface area contributed by atoms with Crippen molar-refractivity contribution in [1.29, 1.82) is 0 Å². The molecule has 2 aliphatic rings. The Kier molecular flexibility index (Phi) is 5.84. The number of urea groups is 1. The molecule has 1 fully saturated rings. The van der Waals surface area contributed by atoms with Gasteiger partial charge in [0.1, 0.15) is 0 Å². The number of nitrogens with zero attached hydrogens (tertiary/aromatic N) is 2. The number of carbonyl (C=O) groups is 3. The number of benzene rings is 1. The quantitative estimate of drug-likeness (QED) is 0.491. The highest BCUT2D eigenvalue weighted by Gasteiger charge is 2.42. The van der Waals surface area contributed by atoms with Crippen molar-refractivity contribution in [1.82, 2.24) is 5.32 Å². The van der Waals surface area contributed by atoms with Crippen LogP contribution in [0.4, 0.5) is 10.5 Å². The zero-order chi connectivity index (χ0) is 19.4. The minimum absolute atomic E-state index is 0.443. The Balaban J connectivity index is 1.74. The van der Waals surface area contributed by atoms with Crippen LogP contribution in [0.2, 0.25) is 0 Å². The van der Waals surface area contributed by atoms with E-state index in [-0.39, 0.29) is 0 Å². The number of barbiturate groups is 1. The van der Waals surface area contributed by atoms with Gasteiger partial charge in [-0.15, -0.1) is 0 Å². The molecule has 0 aromatic heterocycles. The van der Waals surface area contributed by atoms with Gasteiger partial charge in [0.25, 0.3) is 5.91 Å². The fourth-order valence-corrected chi connectivity index (χ4v) is 3.48. The van der Waals surface area contributed by atoms with E-state index in [9.17, 15) is 14.4 Å². The predicted octanol–water partition coefficient (Wildman–Crippen LogP) is 3.55. The molecule has 6 nitrogen and oxygen atoms in total. The van der Waals surface area contributed by atoms with E-state index < -0.39 is 23.8 Å². The summed E-state index contributed by atoms with van der Waals surface area (Å²) in [6.07, 6.45) is 7.80. The van der Waals surface area contributed by atoms with E-state index in [1.807, 2.05) is 19.1 Å². The van der Waals surface area contributed by atoms with Crippen molar-refractivity contribution >= 4 is 29.2 Å². The van der Waals surface area contributed by atoms with Crippen LogP contribution in [0.15, 0.2) is 40.9 Å². The summed E-state index contributed by atoms with van der Waals surface area (Å²) in [7, 11) is 0. The predicted molar refractivity (Wildman–Crippen MR) is 105 cm³/mol. The highest BCUT2D eigenvalue weighted by Crippen LogP contribution is 2.23. The number of allylic oxidation sites excluding steroid dienone is 1. The molecule has 0 bridgehead atoms. The number of hydrogen-bond donors (Lipinski definition) is 1. The molecule has 1 aliphatic heterocycles. The highest BCUT2D eigenvalue weighted by molar-refractivity contribution is 6.35. The molecule has 0 radical (unpaired) electrons. The van der Waals surface area contributed by atoms with E-state index in [0.717, 1.165) is 29.7 Å². The molecule has 1 N–H and O–H groups in total. The molecule has 27 heavy (non-hydrogen) atoms. The maximum atomic E-state index is 12.9. The van der Waals surface area contributed by atoms with Crippen molar-refractivity contribution in [3.05, 3.63) is 41.5 Å². The molecule has 142 valence electrons. The Bertz CT molecular complexity index is 808. The van der Waals surface area contributed by atoms with Crippen LogP contribution in [0.25, 0.3) is 0 Å². The summed E-state index contributed by atoms with van der Waals surface area (Å²) in [4.78, 5) is 42.9. The number of carbonyl (C=O) groups excluding carboxylic acids is 3. The lowest BCUT2D eigenvalue weighted by atomic mass is 9.97. The lowest BCUT2D eigenvalue weighted by Crippen LogP contribution is -2.60. The Hall–Kier alpha value is -2.76. The maximum absolute atomic E-state index is 12.9. The molecule has 1 aromatic carbocycles. The highest BCUT2D eigenvalue weighted by atomic mass is 16.2. The van der Waals surface area contributed by atoms with E-state index in [2.05, 4.69) is 16.4 Å². The van der Waals surface area contributed by atoms with Gasteiger partial charge in [-0.05, 0) is 58.1 Å². The summed E-state index contributed by atoms with van der Waals surface area (Å²) < 4.78 is 0. The number of aryl methyl sites for hydroxylation is 1. The molecule has 0 spiro atoms. The van der Waals surface area contributed by atoms with Crippen LogP contribution in [-0.4, -0.2) is 30.1 Å². The molecule has 0 saturated carbocycles. The zero-order valence-corrected chi connectivity index (χ0v) is 15.8. The first-order valence-corrected chi connectivity index (χ1v) is 9.41. The standard InChI is InChI=1S/C21H25N3O3/c1-14-8-10-17(11-9-14)24-20(26)18(19(25)23-21(24)27)15(2)22-13-12-16-6-4-3-5-7-16/h6,8-11,18H,3-5,7,12-13H2,1-2H3,(H,23,25,27)/t18-/m1/s1. The molecule has 6 heteroatoms. The van der Waals surface area contributed by atoms with E-state index in [1.54, 1.807) is 19.1 Å². The summed E-state index contributed by atoms with van der Waals surface area (Å²) in [6, 6.07) is 6.31. The number of amides is 4. The second-order valence-corrected chi connectivity index (χ2v) is 7.12. The van der Waals surface area contributed by atoms with E-state index in [4.69, 9.17) is 0 Å². The number of aliphatic imine (C=N–C) groups is 1. The van der Waals surface area contributed by atoms with Gasteiger partial charge in [0, 0.05) is 12.3 Å². The topological polar surface area (TPSA) is 78.8 Å². The Morgan fingerprint density at radius 3 is 2.59 bits per heavy atom. The molecular weight excluding hydrogens is 342 g/mol. The molecule has 0 unspecified atom stereocenters. The first-order chi connectivity index (χ1) is 13.0. The van der Waals surface area contributed by atoms with Gasteiger partial charge in [-0.3, -0.25) is 19.9 Å². The lowest BCUT2D eigenvalue weighted by Gasteiger charge is -2.30. The second-order valence-electron chi connectivity index (χ2n) is 7.12. The molecule has 1 saturated heterocycles. The van der Waals surface area contributed by atoms with Crippen molar-refractivity contribution in [3.63, 3.8) is 0 Å². The van der Waals surface area contributed by atoms with Crippen molar-refractivity contribution in [2.75, 3.05) is 11.4 Å². The summed E-state index contributed by atoms with van der Waals surface area (Å²) in [5.41, 5.74) is 3.30. The van der Waals surface area contributed by atoms with Gasteiger partial charge in [0.15, 0.2) is 5.92 Å². The van der Waals surface area contributed by atoms with Gasteiger partial charge in [0.2, 0.25) is 5.91 Å². The van der Waals surface area contributed by atoms with Gasteiger partial charge >= 0.3 is 6.03 Å². The van der Waals surface area contributed by atoms with Crippen LogP contribution in [-0.2, 0) is 9.59 Å². The first-order valence-electron chi connectivity index (χ1n) is 9.41. The van der Waals surface area contributed by atoms with Crippen molar-refractivity contribution < 1.29 is 14.4 Å². The average molecular weight is 367 g/mol. The molecule has 3 rings (SSSR count). The van der Waals surface area contributed by atoms with Crippen molar-refractivity contribution in [3.8, 4) is 0 Å². The summed E-state index contributed by atoms with van der Waals surface area (Å²) >= 11 is 0. The van der Waals surface area contributed by atoms with Crippen molar-refractivity contribution in [2.45, 2.75) is 46.0 Å². The van der Waals surface area contributed by atoms with E-state index in [0.29, 0.717) is 17.9 Å². The second kappa shape index (κ2) is 8.29. The lowest BCUT2D eigenvalue weighted by molar-refractivity contribution is -0.131. The smallest absolute Gasteiger partial charge is 0.293 e. The SMILES string of the molecule is CC(=NCCC1=CCCCC1)[C@@H]1C(=O)NC(=O)N(c2ccc(C)cc2)C1=O. The third-order valence-electron chi connectivity index (χ3n) is 5.05. The van der Waals surface area contributed by atoms with Gasteiger partial charge in [-0.25, -0.2) is 9.69 Å². The zero-order valence-electron chi connectivity index (χ0n) is 15.8. The number of nitrogens with one attached hydrogen (secondary N) is 1. The fraction of sp³-hybridized carbons (Fsp3) is 0.429.